The fourth-order valence-corrected chi connectivity index (χ4v) is 5.22. The van der Waals surface area contributed by atoms with Crippen molar-refractivity contribution in [3.8, 4) is 11.3 Å². The van der Waals surface area contributed by atoms with Crippen LogP contribution in [-0.2, 0) is 19.2 Å². The summed E-state index contributed by atoms with van der Waals surface area (Å²) in [7, 11) is 1.41. The van der Waals surface area contributed by atoms with Gasteiger partial charge in [0.1, 0.15) is 32.0 Å². The number of quaternary nitrogens is 1. The molecule has 2 aromatic carbocycles. The van der Waals surface area contributed by atoms with E-state index < -0.39 is 28.8 Å². The first kappa shape index (κ1) is 31.2. The van der Waals surface area contributed by atoms with Gasteiger partial charge in [0, 0.05) is 37.2 Å². The van der Waals surface area contributed by atoms with Gasteiger partial charge in [0.25, 0.3) is 0 Å². The van der Waals surface area contributed by atoms with Gasteiger partial charge in [0.2, 0.25) is 11.8 Å². The molecule has 226 valence electrons. The maximum Gasteiger partial charge on any atom is 0.497 e. The number of carbonyl (C=O) groups excluding carboxylic acids is 3. The van der Waals surface area contributed by atoms with Gasteiger partial charge in [0.15, 0.2) is 5.76 Å². The van der Waals surface area contributed by atoms with E-state index in [4.69, 9.17) is 4.42 Å². The zero-order chi connectivity index (χ0) is 30.3. The highest BCUT2D eigenvalue weighted by Crippen LogP contribution is 2.30. The van der Waals surface area contributed by atoms with Gasteiger partial charge in [-0.25, -0.2) is 9.78 Å². The minimum Gasteiger partial charge on any atom is -0.438 e. The van der Waals surface area contributed by atoms with Crippen molar-refractivity contribution >= 4 is 28.4 Å². The van der Waals surface area contributed by atoms with Crippen LogP contribution in [0.5, 0.6) is 0 Å². The standard InChI is InChI=1S/C31H36F3N3O5/c1-3-25(38)11-5-4-6-12-26(29-35-20-27(41-29)24-14-13-21-9-7-8-10-23(21)19-24)36-28(39)22-15-17-37(2,18-16-22)42-30(40)31(32,33)34/h7-10,13-14,19-20,22,26H,3-6,11-12,15-18H2,1-2H3/p+1/t22?,26-,37?/m0/s1. The number of hydroxylamine groups is 3. The number of ketones is 1. The molecule has 0 radical (unpaired) electrons. The summed E-state index contributed by atoms with van der Waals surface area (Å²) >= 11 is 0. The second-order valence-electron chi connectivity index (χ2n) is 11.1. The first-order valence-electron chi connectivity index (χ1n) is 14.4. The fourth-order valence-electron chi connectivity index (χ4n) is 5.22. The van der Waals surface area contributed by atoms with E-state index >= 15 is 0 Å². The molecule has 8 nitrogen and oxygen atoms in total. The third-order valence-electron chi connectivity index (χ3n) is 7.82. The van der Waals surface area contributed by atoms with Gasteiger partial charge in [-0.3, -0.25) is 14.4 Å². The third kappa shape index (κ3) is 8.18. The lowest BCUT2D eigenvalue weighted by atomic mass is 9.95. The Balaban J connectivity index is 1.42. The molecule has 3 aromatic rings. The number of alkyl halides is 3. The van der Waals surface area contributed by atoms with Crippen LogP contribution >= 0.6 is 0 Å². The van der Waals surface area contributed by atoms with E-state index in [0.717, 1.165) is 35.6 Å². The number of nitrogens with zero attached hydrogens (tertiary/aromatic N) is 2. The summed E-state index contributed by atoms with van der Waals surface area (Å²) in [5.74, 6) is -1.79. The molecular weight excluding hydrogens is 551 g/mol. The predicted octanol–water partition coefficient (Wildman–Crippen LogP) is 6.46. The highest BCUT2D eigenvalue weighted by Gasteiger charge is 2.48. The molecule has 11 heteroatoms. The van der Waals surface area contributed by atoms with Gasteiger partial charge < -0.3 is 9.73 Å². The molecule has 0 bridgehead atoms. The van der Waals surface area contributed by atoms with Crippen molar-refractivity contribution in [1.82, 2.24) is 10.3 Å². The number of likely N-dealkylation sites (tertiary alicyclic amines) is 1. The number of aromatic nitrogens is 1. The van der Waals surface area contributed by atoms with Gasteiger partial charge in [0.05, 0.1) is 6.20 Å². The minimum absolute atomic E-state index is 0.0845. The molecule has 1 aliphatic heterocycles. The molecular formula is C31H37F3N3O5+. The molecule has 1 atom stereocenters. The number of benzene rings is 2. The second-order valence-corrected chi connectivity index (χ2v) is 11.1. The summed E-state index contributed by atoms with van der Waals surface area (Å²) in [4.78, 5) is 45.5. The molecule has 1 aromatic heterocycles. The summed E-state index contributed by atoms with van der Waals surface area (Å²) in [6.07, 6.45) is 0.969. The molecule has 0 saturated carbocycles. The minimum atomic E-state index is -5.08. The quantitative estimate of drug-likeness (QED) is 0.193. The molecule has 2 heterocycles. The number of rotatable bonds is 12. The lowest BCUT2D eigenvalue weighted by Gasteiger charge is -2.36. The summed E-state index contributed by atoms with van der Waals surface area (Å²) in [6.45, 7) is 2.01. The van der Waals surface area contributed by atoms with Crippen molar-refractivity contribution in [2.45, 2.75) is 70.5 Å². The van der Waals surface area contributed by atoms with E-state index in [1.165, 1.54) is 7.05 Å². The van der Waals surface area contributed by atoms with Crippen molar-refractivity contribution in [3.63, 3.8) is 0 Å². The highest BCUT2D eigenvalue weighted by molar-refractivity contribution is 5.86. The highest BCUT2D eigenvalue weighted by atomic mass is 19.4. The van der Waals surface area contributed by atoms with Crippen molar-refractivity contribution in [3.05, 3.63) is 54.6 Å². The molecule has 1 aliphatic rings. The summed E-state index contributed by atoms with van der Waals surface area (Å²) in [6, 6.07) is 13.4. The molecule has 1 fully saturated rings. The number of Topliss-reactive ketones (excluding diaryl/α,β-unsaturated/α-hetero) is 1. The van der Waals surface area contributed by atoms with E-state index in [0.29, 0.717) is 30.9 Å². The van der Waals surface area contributed by atoms with Crippen LogP contribution in [0.25, 0.3) is 22.1 Å². The summed E-state index contributed by atoms with van der Waals surface area (Å²) in [5.41, 5.74) is 0.855. The van der Waals surface area contributed by atoms with Gasteiger partial charge in [-0.05, 0) is 29.7 Å². The number of halogens is 3. The van der Waals surface area contributed by atoms with Crippen molar-refractivity contribution in [2.75, 3.05) is 20.1 Å². The molecule has 1 saturated heterocycles. The first-order valence-corrected chi connectivity index (χ1v) is 14.4. The molecule has 1 N–H and O–H groups in total. The van der Waals surface area contributed by atoms with Gasteiger partial charge >= 0.3 is 12.1 Å². The smallest absolute Gasteiger partial charge is 0.438 e. The average molecular weight is 589 g/mol. The fraction of sp³-hybridized carbons (Fsp3) is 0.484. The van der Waals surface area contributed by atoms with Crippen molar-refractivity contribution < 1.29 is 41.5 Å². The number of hydrogen-bond acceptors (Lipinski definition) is 6. The number of piperidine rings is 1. The number of amides is 1. The third-order valence-corrected chi connectivity index (χ3v) is 7.82. The number of carbonyl (C=O) groups is 3. The lowest BCUT2D eigenvalue weighted by Crippen LogP contribution is -2.54. The Kier molecular flexibility index (Phi) is 10.0. The molecule has 4 rings (SSSR count). The zero-order valence-electron chi connectivity index (χ0n) is 23.9. The van der Waals surface area contributed by atoms with E-state index in [1.54, 1.807) is 6.20 Å². The van der Waals surface area contributed by atoms with Crippen LogP contribution in [0.1, 0.15) is 70.2 Å². The number of fused-ring (bicyclic) bond motifs is 1. The van der Waals surface area contributed by atoms with Crippen molar-refractivity contribution in [2.24, 2.45) is 5.92 Å². The SMILES string of the molecule is CCC(=O)CCCCC[C@H](NC(=O)C1CC[N+](C)(OC(=O)C(F)(F)F)CC1)c1ncc(-c2ccc3ccccc3c2)o1. The molecule has 0 unspecified atom stereocenters. The number of oxazole rings is 1. The Morgan fingerprint density at radius 1 is 1.07 bits per heavy atom. The maximum absolute atomic E-state index is 13.3. The van der Waals surface area contributed by atoms with E-state index in [-0.39, 0.29) is 37.6 Å². The first-order chi connectivity index (χ1) is 20.0. The Labute approximate surface area is 242 Å². The Hall–Kier alpha value is -3.73. The molecule has 0 aliphatic carbocycles. The monoisotopic (exact) mass is 588 g/mol. The molecule has 1 amide bonds. The van der Waals surface area contributed by atoms with Gasteiger partial charge in [-0.2, -0.15) is 13.2 Å². The number of hydrogen-bond donors (Lipinski definition) is 1. The van der Waals surface area contributed by atoms with Gasteiger partial charge in [-0.15, -0.1) is 4.65 Å². The van der Waals surface area contributed by atoms with E-state index in [1.807, 2.05) is 49.4 Å². The van der Waals surface area contributed by atoms with Crippen LogP contribution in [0.3, 0.4) is 0 Å². The van der Waals surface area contributed by atoms with Crippen LogP contribution in [0, 0.1) is 5.92 Å². The second kappa shape index (κ2) is 13.5. The van der Waals surface area contributed by atoms with Gasteiger partial charge in [-0.1, -0.05) is 56.2 Å². The van der Waals surface area contributed by atoms with Crippen LogP contribution < -0.4 is 5.32 Å². The maximum atomic E-state index is 13.3. The van der Waals surface area contributed by atoms with Crippen molar-refractivity contribution in [1.29, 1.82) is 0 Å². The summed E-state index contributed by atoms with van der Waals surface area (Å²) in [5, 5.41) is 5.20. The zero-order valence-corrected chi connectivity index (χ0v) is 23.9. The Morgan fingerprint density at radius 3 is 2.48 bits per heavy atom. The van der Waals surface area contributed by atoms with E-state index in [2.05, 4.69) is 15.1 Å². The van der Waals surface area contributed by atoms with Crippen LogP contribution in [0.4, 0.5) is 13.2 Å². The Bertz CT molecular complexity index is 1400. The topological polar surface area (TPSA) is 98.5 Å². The normalized spacial score (nSPS) is 19.8. The summed E-state index contributed by atoms with van der Waals surface area (Å²) < 4.78 is 43.7. The van der Waals surface area contributed by atoms with Crippen LogP contribution in [-0.4, -0.2) is 53.6 Å². The van der Waals surface area contributed by atoms with Crippen LogP contribution in [0.15, 0.2) is 53.1 Å². The largest absolute Gasteiger partial charge is 0.497 e. The lowest BCUT2D eigenvalue weighted by molar-refractivity contribution is -1.08. The number of nitrogens with one attached hydrogen (secondary N) is 1. The molecule has 42 heavy (non-hydrogen) atoms. The number of unbranched alkanes of at least 4 members (excludes halogenated alkanes) is 2. The Morgan fingerprint density at radius 2 is 1.79 bits per heavy atom. The van der Waals surface area contributed by atoms with E-state index in [9.17, 15) is 27.6 Å². The average Bonchev–Trinajstić information content (AvgIpc) is 3.46. The van der Waals surface area contributed by atoms with Crippen LogP contribution in [0.2, 0.25) is 0 Å². The molecule has 0 spiro atoms. The predicted molar refractivity (Wildman–Crippen MR) is 150 cm³/mol.